The van der Waals surface area contributed by atoms with Crippen LogP contribution in [-0.2, 0) is 19.6 Å². The summed E-state index contributed by atoms with van der Waals surface area (Å²) in [6.45, 7) is 4.69. The number of sulfonamides is 1. The van der Waals surface area contributed by atoms with Gasteiger partial charge in [-0.05, 0) is 30.4 Å². The zero-order chi connectivity index (χ0) is 21.9. The van der Waals surface area contributed by atoms with Gasteiger partial charge in [0.25, 0.3) is 5.91 Å². The molecule has 0 bridgehead atoms. The molecule has 0 atom stereocenters. The van der Waals surface area contributed by atoms with E-state index in [2.05, 4.69) is 5.32 Å². The second-order valence-electron chi connectivity index (χ2n) is 6.91. The number of hydrogen-bond acceptors (Lipinski definition) is 6. The summed E-state index contributed by atoms with van der Waals surface area (Å²) in [5, 5.41) is 2.94. The van der Waals surface area contributed by atoms with Gasteiger partial charge in [-0.25, -0.2) is 8.42 Å². The summed E-state index contributed by atoms with van der Waals surface area (Å²) in [5.74, 6) is -0.590. The van der Waals surface area contributed by atoms with Gasteiger partial charge in [-0.2, -0.15) is 4.31 Å². The van der Waals surface area contributed by atoms with Crippen LogP contribution in [0.15, 0.2) is 23.1 Å². The third kappa shape index (κ3) is 5.09. The van der Waals surface area contributed by atoms with Crippen molar-refractivity contribution in [3.8, 4) is 0 Å². The first-order valence-corrected chi connectivity index (χ1v) is 11.7. The number of carbonyl (C=O) groups excluding carboxylic acids is 2. The van der Waals surface area contributed by atoms with Crippen LogP contribution in [0.5, 0.6) is 0 Å². The van der Waals surface area contributed by atoms with Crippen molar-refractivity contribution in [3.05, 3.63) is 28.8 Å². The number of carbonyl (C=O) groups is 2. The summed E-state index contributed by atoms with van der Waals surface area (Å²) >= 11 is 11.5. The molecule has 164 valence electrons. The molecule has 1 aromatic rings. The Morgan fingerprint density at radius 2 is 1.67 bits per heavy atom. The van der Waals surface area contributed by atoms with E-state index in [0.717, 1.165) is 0 Å². The maximum Gasteiger partial charge on any atom is 0.258 e. The normalized spacial score (nSPS) is 18.2. The van der Waals surface area contributed by atoms with Crippen molar-refractivity contribution in [2.45, 2.75) is 11.8 Å². The van der Waals surface area contributed by atoms with Crippen LogP contribution < -0.4 is 5.32 Å². The number of amides is 2. The summed E-state index contributed by atoms with van der Waals surface area (Å²) in [5.41, 5.74) is 0.0238. The molecule has 1 aromatic carbocycles. The number of rotatable bonds is 3. The van der Waals surface area contributed by atoms with E-state index in [1.165, 1.54) is 29.4 Å². The van der Waals surface area contributed by atoms with Gasteiger partial charge in [-0.15, -0.1) is 0 Å². The SMILES string of the molecule is CC(=O)N1CCN(C(=S)NC(=O)c2cc(S(=O)(=O)N3CCOCC3)ccc2Cl)CC1. The van der Waals surface area contributed by atoms with Crippen LogP contribution in [0.2, 0.25) is 5.02 Å². The Morgan fingerprint density at radius 1 is 1.07 bits per heavy atom. The van der Waals surface area contributed by atoms with E-state index >= 15 is 0 Å². The average Bonchev–Trinajstić information content (AvgIpc) is 2.74. The van der Waals surface area contributed by atoms with Crippen molar-refractivity contribution in [1.29, 1.82) is 0 Å². The minimum absolute atomic E-state index is 0.00493. The Bertz CT molecular complexity index is 942. The molecule has 2 fully saturated rings. The number of nitrogens with one attached hydrogen (secondary N) is 1. The molecule has 1 N–H and O–H groups in total. The number of piperazine rings is 1. The molecule has 2 aliphatic heterocycles. The minimum atomic E-state index is -3.76. The number of nitrogens with zero attached hydrogens (tertiary/aromatic N) is 3. The highest BCUT2D eigenvalue weighted by atomic mass is 35.5. The fourth-order valence-electron chi connectivity index (χ4n) is 3.24. The summed E-state index contributed by atoms with van der Waals surface area (Å²) < 4.78 is 32.2. The molecule has 2 heterocycles. The number of hydrogen-bond donors (Lipinski definition) is 1. The molecule has 0 aliphatic carbocycles. The van der Waals surface area contributed by atoms with Gasteiger partial charge >= 0.3 is 0 Å². The second-order valence-corrected chi connectivity index (χ2v) is 9.64. The van der Waals surface area contributed by atoms with E-state index in [9.17, 15) is 18.0 Å². The van der Waals surface area contributed by atoms with Gasteiger partial charge in [0.15, 0.2) is 5.11 Å². The van der Waals surface area contributed by atoms with Gasteiger partial charge in [0.05, 0.1) is 28.7 Å². The number of morpholine rings is 1. The quantitative estimate of drug-likeness (QED) is 0.638. The van der Waals surface area contributed by atoms with E-state index in [-0.39, 0.29) is 39.6 Å². The Kier molecular flexibility index (Phi) is 7.30. The van der Waals surface area contributed by atoms with Crippen LogP contribution >= 0.6 is 23.8 Å². The molecule has 2 aliphatic rings. The molecular formula is C18H23ClN4O5S2. The monoisotopic (exact) mass is 474 g/mol. The van der Waals surface area contributed by atoms with Crippen LogP contribution in [0.25, 0.3) is 0 Å². The molecule has 3 rings (SSSR count). The second kappa shape index (κ2) is 9.56. The maximum atomic E-state index is 12.9. The van der Waals surface area contributed by atoms with Gasteiger partial charge in [0.2, 0.25) is 15.9 Å². The first-order chi connectivity index (χ1) is 14.2. The molecule has 12 heteroatoms. The topological polar surface area (TPSA) is 99.3 Å². The third-order valence-corrected chi connectivity index (χ3v) is 7.61. The number of benzene rings is 1. The zero-order valence-corrected chi connectivity index (χ0v) is 18.9. The van der Waals surface area contributed by atoms with Crippen LogP contribution in [0.4, 0.5) is 0 Å². The van der Waals surface area contributed by atoms with Crippen molar-refractivity contribution < 1.29 is 22.7 Å². The molecule has 0 radical (unpaired) electrons. The molecule has 0 spiro atoms. The average molecular weight is 475 g/mol. The summed E-state index contributed by atoms with van der Waals surface area (Å²) in [4.78, 5) is 27.7. The molecule has 2 saturated heterocycles. The lowest BCUT2D eigenvalue weighted by Crippen LogP contribution is -2.53. The van der Waals surface area contributed by atoms with Crippen molar-refractivity contribution in [2.24, 2.45) is 0 Å². The maximum absolute atomic E-state index is 12.9. The lowest BCUT2D eigenvalue weighted by molar-refractivity contribution is -0.130. The minimum Gasteiger partial charge on any atom is -0.379 e. The van der Waals surface area contributed by atoms with Gasteiger partial charge in [0, 0.05) is 46.2 Å². The Morgan fingerprint density at radius 3 is 2.27 bits per heavy atom. The molecule has 30 heavy (non-hydrogen) atoms. The summed E-state index contributed by atoms with van der Waals surface area (Å²) in [6, 6.07) is 4.03. The molecule has 9 nitrogen and oxygen atoms in total. The molecule has 0 aromatic heterocycles. The lowest BCUT2D eigenvalue weighted by Gasteiger charge is -2.35. The Labute approximate surface area is 185 Å². The highest BCUT2D eigenvalue weighted by molar-refractivity contribution is 7.89. The Balaban J connectivity index is 1.71. The van der Waals surface area contributed by atoms with Gasteiger partial charge in [-0.3, -0.25) is 14.9 Å². The molecular weight excluding hydrogens is 452 g/mol. The molecule has 0 saturated carbocycles. The van der Waals surface area contributed by atoms with Gasteiger partial charge < -0.3 is 14.5 Å². The van der Waals surface area contributed by atoms with Crippen molar-refractivity contribution in [3.63, 3.8) is 0 Å². The van der Waals surface area contributed by atoms with Crippen molar-refractivity contribution in [1.82, 2.24) is 19.4 Å². The van der Waals surface area contributed by atoms with Crippen LogP contribution in [0.1, 0.15) is 17.3 Å². The molecule has 0 unspecified atom stereocenters. The van der Waals surface area contributed by atoms with Crippen LogP contribution in [0.3, 0.4) is 0 Å². The molecule has 2 amide bonds. The fourth-order valence-corrected chi connectivity index (χ4v) is 5.16. The summed E-state index contributed by atoms with van der Waals surface area (Å²) in [6.07, 6.45) is 0. The van der Waals surface area contributed by atoms with Crippen LogP contribution in [0, 0.1) is 0 Å². The first-order valence-electron chi connectivity index (χ1n) is 9.43. The fraction of sp³-hybridized carbons (Fsp3) is 0.500. The van der Waals surface area contributed by atoms with E-state index < -0.39 is 15.9 Å². The van der Waals surface area contributed by atoms with Crippen LogP contribution in [-0.4, -0.2) is 91.9 Å². The van der Waals surface area contributed by atoms with Gasteiger partial charge in [0.1, 0.15) is 0 Å². The predicted octanol–water partition coefficient (Wildman–Crippen LogP) is 0.540. The smallest absolute Gasteiger partial charge is 0.258 e. The summed E-state index contributed by atoms with van der Waals surface area (Å²) in [7, 11) is -3.76. The van der Waals surface area contributed by atoms with E-state index in [0.29, 0.717) is 39.4 Å². The number of thiocarbonyl (C=S) groups is 1. The van der Waals surface area contributed by atoms with Gasteiger partial charge in [-0.1, -0.05) is 11.6 Å². The highest BCUT2D eigenvalue weighted by Gasteiger charge is 2.28. The zero-order valence-electron chi connectivity index (χ0n) is 16.5. The first kappa shape index (κ1) is 22.9. The van der Waals surface area contributed by atoms with E-state index in [4.69, 9.17) is 28.6 Å². The van der Waals surface area contributed by atoms with Crippen molar-refractivity contribution in [2.75, 3.05) is 52.5 Å². The van der Waals surface area contributed by atoms with E-state index in [1.807, 2.05) is 0 Å². The largest absolute Gasteiger partial charge is 0.379 e. The van der Waals surface area contributed by atoms with E-state index in [1.54, 1.807) is 9.80 Å². The standard InChI is InChI=1S/C18H23ClN4O5S2/c1-13(24)21-4-6-22(7-5-21)18(29)20-17(25)15-12-14(2-3-16(15)19)30(26,27)23-8-10-28-11-9-23/h2-3,12H,4-11H2,1H3,(H,20,25,29). The third-order valence-electron chi connectivity index (χ3n) is 5.02. The highest BCUT2D eigenvalue weighted by Crippen LogP contribution is 2.23. The Hall–Kier alpha value is -1.79. The number of ether oxygens (including phenoxy) is 1. The lowest BCUT2D eigenvalue weighted by atomic mass is 10.2. The number of halogens is 1. The van der Waals surface area contributed by atoms with Crippen molar-refractivity contribution >= 4 is 50.8 Å². The predicted molar refractivity (Wildman–Crippen MR) is 115 cm³/mol.